The van der Waals surface area contributed by atoms with E-state index in [4.69, 9.17) is 0 Å². The van der Waals surface area contributed by atoms with E-state index in [1.54, 1.807) is 0 Å². The molecule has 1 rings (SSSR count). The predicted octanol–water partition coefficient (Wildman–Crippen LogP) is 2.95. The minimum atomic E-state index is 0.651. The van der Waals surface area contributed by atoms with E-state index < -0.39 is 0 Å². The van der Waals surface area contributed by atoms with Crippen molar-refractivity contribution >= 4 is 16.7 Å². The zero-order valence-corrected chi connectivity index (χ0v) is 10.0. The SMILES string of the molecule is CCCCc1nsc(NCC(C)C)n1. The summed E-state index contributed by atoms with van der Waals surface area (Å²) in [7, 11) is 0. The van der Waals surface area contributed by atoms with Crippen molar-refractivity contribution in [3.05, 3.63) is 5.82 Å². The molecule has 14 heavy (non-hydrogen) atoms. The van der Waals surface area contributed by atoms with Crippen LogP contribution in [0.15, 0.2) is 0 Å². The summed E-state index contributed by atoms with van der Waals surface area (Å²) in [6, 6.07) is 0. The van der Waals surface area contributed by atoms with E-state index in [0.717, 1.165) is 23.9 Å². The summed E-state index contributed by atoms with van der Waals surface area (Å²) in [5.74, 6) is 1.64. The van der Waals surface area contributed by atoms with Crippen molar-refractivity contribution < 1.29 is 0 Å². The van der Waals surface area contributed by atoms with E-state index in [1.807, 2.05) is 0 Å². The van der Waals surface area contributed by atoms with Crippen LogP contribution in [-0.2, 0) is 6.42 Å². The van der Waals surface area contributed by atoms with Gasteiger partial charge in [0, 0.05) is 24.5 Å². The highest BCUT2D eigenvalue weighted by Gasteiger charge is 2.03. The molecule has 0 saturated carbocycles. The summed E-state index contributed by atoms with van der Waals surface area (Å²) in [6.45, 7) is 7.53. The third-order valence-corrected chi connectivity index (χ3v) is 2.59. The Balaban J connectivity index is 2.35. The molecule has 4 heteroatoms. The molecular formula is C10H19N3S. The van der Waals surface area contributed by atoms with Gasteiger partial charge in [0.2, 0.25) is 5.13 Å². The third kappa shape index (κ3) is 4.05. The lowest BCUT2D eigenvalue weighted by atomic mass is 10.2. The van der Waals surface area contributed by atoms with Gasteiger partial charge in [0.05, 0.1) is 0 Å². The first-order valence-electron chi connectivity index (χ1n) is 5.28. The predicted molar refractivity (Wildman–Crippen MR) is 61.8 cm³/mol. The maximum absolute atomic E-state index is 4.42. The van der Waals surface area contributed by atoms with E-state index in [0.29, 0.717) is 5.92 Å². The molecule has 0 aliphatic heterocycles. The van der Waals surface area contributed by atoms with Gasteiger partial charge < -0.3 is 5.32 Å². The highest BCUT2D eigenvalue weighted by atomic mass is 32.1. The summed E-state index contributed by atoms with van der Waals surface area (Å²) in [5.41, 5.74) is 0. The second kappa shape index (κ2) is 5.96. The molecular weight excluding hydrogens is 194 g/mol. The van der Waals surface area contributed by atoms with Gasteiger partial charge in [0.25, 0.3) is 0 Å². The van der Waals surface area contributed by atoms with Crippen molar-refractivity contribution in [1.29, 1.82) is 0 Å². The van der Waals surface area contributed by atoms with Crippen LogP contribution in [0, 0.1) is 5.92 Å². The van der Waals surface area contributed by atoms with Gasteiger partial charge in [-0.05, 0) is 12.3 Å². The first-order valence-corrected chi connectivity index (χ1v) is 6.06. The molecule has 0 atom stereocenters. The molecule has 1 aromatic rings. The number of unbranched alkanes of at least 4 members (excludes halogenated alkanes) is 1. The van der Waals surface area contributed by atoms with E-state index in [2.05, 4.69) is 35.4 Å². The molecule has 0 bridgehead atoms. The Bertz CT molecular complexity index is 258. The number of aromatic nitrogens is 2. The maximum Gasteiger partial charge on any atom is 0.202 e. The average Bonchev–Trinajstić information content (AvgIpc) is 2.59. The summed E-state index contributed by atoms with van der Waals surface area (Å²) >= 11 is 1.47. The number of anilines is 1. The number of nitrogens with one attached hydrogen (secondary N) is 1. The van der Waals surface area contributed by atoms with E-state index in [1.165, 1.54) is 24.4 Å². The molecule has 1 aromatic heterocycles. The highest BCUT2D eigenvalue weighted by molar-refractivity contribution is 7.09. The second-order valence-corrected chi connectivity index (χ2v) is 4.65. The molecule has 80 valence electrons. The first kappa shape index (κ1) is 11.4. The van der Waals surface area contributed by atoms with Gasteiger partial charge in [-0.25, -0.2) is 4.98 Å². The molecule has 0 spiro atoms. The van der Waals surface area contributed by atoms with Crippen molar-refractivity contribution in [2.45, 2.75) is 40.0 Å². The average molecular weight is 213 g/mol. The smallest absolute Gasteiger partial charge is 0.202 e. The van der Waals surface area contributed by atoms with Crippen LogP contribution in [0.2, 0.25) is 0 Å². The number of hydrogen-bond acceptors (Lipinski definition) is 4. The van der Waals surface area contributed by atoms with E-state index in [-0.39, 0.29) is 0 Å². The fourth-order valence-corrected chi connectivity index (χ4v) is 1.67. The van der Waals surface area contributed by atoms with Crippen molar-refractivity contribution in [3.63, 3.8) is 0 Å². The molecule has 0 aliphatic carbocycles. The lowest BCUT2D eigenvalue weighted by molar-refractivity contribution is 0.687. The Morgan fingerprint density at radius 2 is 2.21 bits per heavy atom. The second-order valence-electron chi connectivity index (χ2n) is 3.89. The summed E-state index contributed by atoms with van der Waals surface area (Å²) < 4.78 is 4.30. The van der Waals surface area contributed by atoms with Crippen LogP contribution in [-0.4, -0.2) is 15.9 Å². The van der Waals surface area contributed by atoms with Crippen molar-refractivity contribution in [2.75, 3.05) is 11.9 Å². The summed E-state index contributed by atoms with van der Waals surface area (Å²) in [4.78, 5) is 4.42. The summed E-state index contributed by atoms with van der Waals surface area (Å²) in [5, 5.41) is 4.25. The standard InChI is InChI=1S/C10H19N3S/c1-4-5-6-9-12-10(14-13-9)11-7-8(2)3/h8H,4-7H2,1-3H3,(H,11,12,13). The van der Waals surface area contributed by atoms with Crippen LogP contribution in [0.4, 0.5) is 5.13 Å². The molecule has 1 heterocycles. The van der Waals surface area contributed by atoms with Crippen LogP contribution < -0.4 is 5.32 Å². The normalized spacial score (nSPS) is 10.9. The van der Waals surface area contributed by atoms with Crippen LogP contribution in [0.5, 0.6) is 0 Å². The minimum Gasteiger partial charge on any atom is -0.360 e. The minimum absolute atomic E-state index is 0.651. The third-order valence-electron chi connectivity index (χ3n) is 1.88. The Morgan fingerprint density at radius 3 is 2.86 bits per heavy atom. The van der Waals surface area contributed by atoms with Crippen molar-refractivity contribution in [2.24, 2.45) is 5.92 Å². The number of hydrogen-bond donors (Lipinski definition) is 1. The van der Waals surface area contributed by atoms with Gasteiger partial charge in [-0.2, -0.15) is 4.37 Å². The van der Waals surface area contributed by atoms with Gasteiger partial charge in [0.1, 0.15) is 5.82 Å². The molecule has 0 saturated heterocycles. The number of rotatable bonds is 6. The molecule has 0 fully saturated rings. The quantitative estimate of drug-likeness (QED) is 0.789. The van der Waals surface area contributed by atoms with Crippen molar-refractivity contribution in [1.82, 2.24) is 9.36 Å². The fourth-order valence-electron chi connectivity index (χ4n) is 1.05. The van der Waals surface area contributed by atoms with Gasteiger partial charge in [-0.1, -0.05) is 27.2 Å². The number of nitrogens with zero attached hydrogens (tertiary/aromatic N) is 2. The lowest BCUT2D eigenvalue weighted by Gasteiger charge is -2.03. The zero-order chi connectivity index (χ0) is 10.4. The van der Waals surface area contributed by atoms with Gasteiger partial charge in [-0.15, -0.1) is 0 Å². The largest absolute Gasteiger partial charge is 0.360 e. The molecule has 1 N–H and O–H groups in total. The monoisotopic (exact) mass is 213 g/mol. The Hall–Kier alpha value is -0.640. The molecule has 0 aromatic carbocycles. The number of aryl methyl sites for hydroxylation is 1. The highest BCUT2D eigenvalue weighted by Crippen LogP contribution is 2.12. The van der Waals surface area contributed by atoms with E-state index in [9.17, 15) is 0 Å². The molecule has 0 radical (unpaired) electrons. The fraction of sp³-hybridized carbons (Fsp3) is 0.800. The van der Waals surface area contributed by atoms with Crippen LogP contribution >= 0.6 is 11.5 Å². The zero-order valence-electron chi connectivity index (χ0n) is 9.21. The Kier molecular flexibility index (Phi) is 4.87. The van der Waals surface area contributed by atoms with Crippen LogP contribution in [0.25, 0.3) is 0 Å². The lowest BCUT2D eigenvalue weighted by Crippen LogP contribution is -2.07. The van der Waals surface area contributed by atoms with E-state index >= 15 is 0 Å². The van der Waals surface area contributed by atoms with Gasteiger partial charge in [-0.3, -0.25) is 0 Å². The maximum atomic E-state index is 4.42. The first-order chi connectivity index (χ1) is 6.72. The molecule has 0 unspecified atom stereocenters. The van der Waals surface area contributed by atoms with Gasteiger partial charge in [0.15, 0.2) is 0 Å². The van der Waals surface area contributed by atoms with Crippen LogP contribution in [0.1, 0.15) is 39.4 Å². The summed E-state index contributed by atoms with van der Waals surface area (Å²) in [6.07, 6.45) is 3.39. The topological polar surface area (TPSA) is 37.8 Å². The van der Waals surface area contributed by atoms with Crippen molar-refractivity contribution in [3.8, 4) is 0 Å². The van der Waals surface area contributed by atoms with Gasteiger partial charge >= 0.3 is 0 Å². The Morgan fingerprint density at radius 1 is 1.43 bits per heavy atom. The molecule has 0 amide bonds. The molecule has 0 aliphatic rings. The Labute approximate surface area is 90.1 Å². The van der Waals surface area contributed by atoms with Crippen LogP contribution in [0.3, 0.4) is 0 Å². The molecule has 3 nitrogen and oxygen atoms in total.